The molecule has 0 unspecified atom stereocenters. The Labute approximate surface area is 53.9 Å². The summed E-state index contributed by atoms with van der Waals surface area (Å²) in [5.74, 6) is 0.737. The van der Waals surface area contributed by atoms with Crippen molar-refractivity contribution in [1.29, 1.82) is 0 Å². The summed E-state index contributed by atoms with van der Waals surface area (Å²) in [4.78, 5) is 0. The van der Waals surface area contributed by atoms with E-state index in [9.17, 15) is 0 Å². The second-order valence-corrected chi connectivity index (χ2v) is 3.05. The first-order chi connectivity index (χ1) is 3.62. The molecule has 0 saturated heterocycles. The molecule has 0 bridgehead atoms. The highest BCUT2D eigenvalue weighted by Gasteiger charge is 2.18. The molecule has 0 fully saturated rings. The predicted molar refractivity (Wildman–Crippen MR) is 35.6 cm³/mol. The van der Waals surface area contributed by atoms with Gasteiger partial charge in [0.15, 0.2) is 0 Å². The first kappa shape index (κ1) is 8.27. The normalized spacial score (nSPS) is 12.0. The van der Waals surface area contributed by atoms with E-state index in [4.69, 9.17) is 10.2 Å². The van der Waals surface area contributed by atoms with E-state index in [-0.39, 0.29) is 0 Å². The van der Waals surface area contributed by atoms with Crippen molar-refractivity contribution in [3.63, 3.8) is 0 Å². The van der Waals surface area contributed by atoms with Gasteiger partial charge in [-0.2, -0.15) is 0 Å². The van der Waals surface area contributed by atoms with Gasteiger partial charge in [-0.15, -0.1) is 0 Å². The first-order valence-corrected chi connectivity index (χ1v) is 3.69. The molecule has 0 aromatic heterocycles. The lowest BCUT2D eigenvalue weighted by Gasteiger charge is -2.16. The van der Waals surface area contributed by atoms with Gasteiger partial charge >= 0.3 is 0 Å². The van der Waals surface area contributed by atoms with Crippen molar-refractivity contribution in [2.24, 2.45) is 0 Å². The molecule has 0 atom stereocenters. The third kappa shape index (κ3) is 3.29. The maximum Gasteiger partial charge on any atom is 0.212 e. The van der Waals surface area contributed by atoms with Gasteiger partial charge in [0, 0.05) is 6.42 Å². The van der Waals surface area contributed by atoms with E-state index in [1.54, 1.807) is 6.92 Å². The average Bonchev–Trinajstić information content (AvgIpc) is 1.67. The molecule has 3 heteroatoms. The molecule has 0 aliphatic carbocycles. The third-order valence-electron chi connectivity index (χ3n) is 0.836. The molecule has 2 nitrogen and oxygen atoms in total. The summed E-state index contributed by atoms with van der Waals surface area (Å²) in [5, 5.41) is 16.2. The van der Waals surface area contributed by atoms with Crippen molar-refractivity contribution < 1.29 is 10.2 Å². The van der Waals surface area contributed by atoms with E-state index >= 15 is 0 Å². The van der Waals surface area contributed by atoms with Crippen LogP contribution >= 0.6 is 11.8 Å². The molecule has 0 aromatic rings. The Morgan fingerprint density at radius 3 is 2.00 bits per heavy atom. The van der Waals surface area contributed by atoms with Crippen LogP contribution < -0.4 is 0 Å². The molecule has 8 heavy (non-hydrogen) atoms. The fourth-order valence-corrected chi connectivity index (χ4v) is 1.000. The molecule has 0 aliphatic rings. The van der Waals surface area contributed by atoms with Crippen LogP contribution in [0.3, 0.4) is 0 Å². The van der Waals surface area contributed by atoms with Crippen molar-refractivity contribution in [2.45, 2.75) is 25.4 Å². The van der Waals surface area contributed by atoms with E-state index in [0.29, 0.717) is 6.42 Å². The average molecular weight is 136 g/mol. The predicted octanol–water partition coefficient (Wildman–Crippen LogP) is 0.788. The Kier molecular flexibility index (Phi) is 3.44. The molecule has 0 rings (SSSR count). The second kappa shape index (κ2) is 3.33. The highest BCUT2D eigenvalue weighted by molar-refractivity contribution is 8.00. The molecule has 50 valence electrons. The van der Waals surface area contributed by atoms with Crippen LogP contribution in [-0.2, 0) is 0 Å². The monoisotopic (exact) mass is 136 g/mol. The molecule has 0 spiro atoms. The number of hydrogen-bond donors (Lipinski definition) is 2. The minimum Gasteiger partial charge on any atom is -0.357 e. The smallest absolute Gasteiger partial charge is 0.212 e. The second-order valence-electron chi connectivity index (χ2n) is 1.53. The fourth-order valence-electron chi connectivity index (χ4n) is 0.333. The molecular formula is C5H12O2S. The van der Waals surface area contributed by atoms with Crippen LogP contribution in [0.4, 0.5) is 0 Å². The van der Waals surface area contributed by atoms with Gasteiger partial charge in [-0.05, 0) is 5.75 Å². The van der Waals surface area contributed by atoms with E-state index in [1.807, 2.05) is 6.92 Å². The lowest BCUT2D eigenvalue weighted by atomic mass is 10.5. The minimum atomic E-state index is -1.49. The lowest BCUT2D eigenvalue weighted by molar-refractivity contribution is -0.0774. The number of thioether (sulfide) groups is 1. The minimum absolute atomic E-state index is 0.380. The first-order valence-electron chi connectivity index (χ1n) is 2.71. The Morgan fingerprint density at radius 1 is 1.38 bits per heavy atom. The van der Waals surface area contributed by atoms with Gasteiger partial charge in [0.2, 0.25) is 5.12 Å². The number of rotatable bonds is 3. The van der Waals surface area contributed by atoms with Crippen LogP contribution in [0, 0.1) is 0 Å². The van der Waals surface area contributed by atoms with Gasteiger partial charge in [-0.1, -0.05) is 25.6 Å². The SMILES string of the molecule is CCSC(O)(O)CC. The molecule has 0 saturated carbocycles. The molecule has 0 aromatic carbocycles. The van der Waals surface area contributed by atoms with Crippen molar-refractivity contribution in [1.82, 2.24) is 0 Å². The largest absolute Gasteiger partial charge is 0.357 e. The lowest BCUT2D eigenvalue weighted by Crippen LogP contribution is -2.21. The number of aliphatic hydroxyl groups is 2. The summed E-state index contributed by atoms with van der Waals surface area (Å²) >= 11 is 1.14. The molecule has 0 amide bonds. The molecule has 0 aliphatic heterocycles. The number of hydrogen-bond acceptors (Lipinski definition) is 3. The van der Waals surface area contributed by atoms with Gasteiger partial charge in [0.25, 0.3) is 0 Å². The highest BCUT2D eigenvalue weighted by Crippen LogP contribution is 2.21. The van der Waals surface area contributed by atoms with E-state index in [1.165, 1.54) is 0 Å². The summed E-state index contributed by atoms with van der Waals surface area (Å²) in [6, 6.07) is 0. The zero-order valence-corrected chi connectivity index (χ0v) is 6.03. The third-order valence-corrected chi connectivity index (χ3v) is 1.88. The summed E-state index contributed by atoms with van der Waals surface area (Å²) < 4.78 is 0. The quantitative estimate of drug-likeness (QED) is 0.563. The maximum atomic E-state index is 8.84. The van der Waals surface area contributed by atoms with Crippen LogP contribution in [0.2, 0.25) is 0 Å². The zero-order valence-electron chi connectivity index (χ0n) is 5.22. The van der Waals surface area contributed by atoms with E-state index in [2.05, 4.69) is 0 Å². The summed E-state index contributed by atoms with van der Waals surface area (Å²) in [7, 11) is 0. The van der Waals surface area contributed by atoms with Gasteiger partial charge < -0.3 is 10.2 Å². The van der Waals surface area contributed by atoms with Crippen molar-refractivity contribution in [2.75, 3.05) is 5.75 Å². The molecule has 2 N–H and O–H groups in total. The van der Waals surface area contributed by atoms with Gasteiger partial charge in [0.05, 0.1) is 0 Å². The highest BCUT2D eigenvalue weighted by atomic mass is 32.2. The Hall–Kier alpha value is 0.270. The van der Waals surface area contributed by atoms with Crippen LogP contribution in [0.1, 0.15) is 20.3 Å². The Morgan fingerprint density at radius 2 is 1.88 bits per heavy atom. The van der Waals surface area contributed by atoms with Gasteiger partial charge in [-0.25, -0.2) is 0 Å². The van der Waals surface area contributed by atoms with Gasteiger partial charge in [-0.3, -0.25) is 0 Å². The summed E-state index contributed by atoms with van der Waals surface area (Å²) in [6.07, 6.45) is 0.380. The summed E-state index contributed by atoms with van der Waals surface area (Å²) in [5.41, 5.74) is 0. The van der Waals surface area contributed by atoms with Crippen molar-refractivity contribution >= 4 is 11.8 Å². The van der Waals surface area contributed by atoms with Crippen LogP contribution in [0.15, 0.2) is 0 Å². The summed E-state index contributed by atoms with van der Waals surface area (Å²) in [6.45, 7) is 3.63. The topological polar surface area (TPSA) is 40.5 Å². The van der Waals surface area contributed by atoms with Gasteiger partial charge in [0.1, 0.15) is 0 Å². The maximum absolute atomic E-state index is 8.84. The van der Waals surface area contributed by atoms with Crippen molar-refractivity contribution in [3.05, 3.63) is 0 Å². The van der Waals surface area contributed by atoms with Crippen LogP contribution in [0.5, 0.6) is 0 Å². The Balaban J connectivity index is 3.37. The van der Waals surface area contributed by atoms with Crippen LogP contribution in [0.25, 0.3) is 0 Å². The molecular weight excluding hydrogens is 124 g/mol. The standard InChI is InChI=1S/C5H12O2S/c1-3-5(6,7)8-4-2/h6-7H,3-4H2,1-2H3. The fraction of sp³-hybridized carbons (Fsp3) is 1.00. The zero-order chi connectivity index (χ0) is 6.62. The molecule has 0 radical (unpaired) electrons. The molecule has 0 heterocycles. The van der Waals surface area contributed by atoms with Crippen LogP contribution in [-0.4, -0.2) is 21.1 Å². The van der Waals surface area contributed by atoms with E-state index in [0.717, 1.165) is 17.5 Å². The Bertz CT molecular complexity index is 63.4. The van der Waals surface area contributed by atoms with E-state index < -0.39 is 5.12 Å². The van der Waals surface area contributed by atoms with Crippen molar-refractivity contribution in [3.8, 4) is 0 Å².